The highest BCUT2D eigenvalue weighted by atomic mass is 35.5. The minimum Gasteiger partial charge on any atom is -0.454 e. The third kappa shape index (κ3) is 4.99. The van der Waals surface area contributed by atoms with Gasteiger partial charge < -0.3 is 20.2 Å². The van der Waals surface area contributed by atoms with Crippen molar-refractivity contribution in [3.05, 3.63) is 28.7 Å². The van der Waals surface area contributed by atoms with Gasteiger partial charge in [0.15, 0.2) is 5.58 Å². The number of fused-ring (bicyclic) bond motifs is 1. The normalized spacial score (nSPS) is 18.4. The molecule has 0 bridgehead atoms. The molecule has 4 rings (SSSR count). The number of nitrogens with zero attached hydrogens (tertiary/aromatic N) is 3. The Labute approximate surface area is 194 Å². The van der Waals surface area contributed by atoms with Crippen molar-refractivity contribution in [1.29, 1.82) is 0 Å². The van der Waals surface area contributed by atoms with Gasteiger partial charge in [0, 0.05) is 30.3 Å². The maximum atomic E-state index is 9.54. The van der Waals surface area contributed by atoms with E-state index in [0.717, 1.165) is 67.4 Å². The Hall–Kier alpha value is -2.38. The molecule has 32 heavy (non-hydrogen) atoms. The van der Waals surface area contributed by atoms with Crippen LogP contribution in [0.4, 0.5) is 11.8 Å². The Morgan fingerprint density at radius 1 is 1.16 bits per heavy atom. The third-order valence-corrected chi connectivity index (χ3v) is 6.39. The van der Waals surface area contributed by atoms with Crippen LogP contribution in [-0.4, -0.2) is 39.3 Å². The lowest BCUT2D eigenvalue weighted by Crippen LogP contribution is -2.19. The smallest absolute Gasteiger partial charge is 0.226 e. The number of aliphatic hydroxyl groups excluding tert-OH is 1. The van der Waals surface area contributed by atoms with E-state index in [0.29, 0.717) is 34.2 Å². The first kappa shape index (κ1) is 22.8. The molecule has 1 aliphatic rings. The van der Waals surface area contributed by atoms with E-state index in [-0.39, 0.29) is 12.6 Å². The fourth-order valence-corrected chi connectivity index (χ4v) is 4.73. The number of nitrogens with one attached hydrogen (secondary N) is 2. The summed E-state index contributed by atoms with van der Waals surface area (Å²) in [6, 6.07) is 4.20. The number of aromatic nitrogens is 3. The number of hydrogen-bond acceptors (Lipinski definition) is 7. The van der Waals surface area contributed by atoms with Gasteiger partial charge in [-0.15, -0.1) is 0 Å². The van der Waals surface area contributed by atoms with Crippen LogP contribution in [0.25, 0.3) is 22.3 Å². The van der Waals surface area contributed by atoms with E-state index < -0.39 is 0 Å². The Balaban J connectivity index is 1.70. The van der Waals surface area contributed by atoms with E-state index in [2.05, 4.69) is 27.5 Å². The van der Waals surface area contributed by atoms with Crippen molar-refractivity contribution in [1.82, 2.24) is 15.0 Å². The summed E-state index contributed by atoms with van der Waals surface area (Å²) in [6.45, 7) is 7.11. The summed E-state index contributed by atoms with van der Waals surface area (Å²) >= 11 is 6.70. The van der Waals surface area contributed by atoms with Gasteiger partial charge in [-0.2, -0.15) is 4.98 Å². The fraction of sp³-hybridized carbons (Fsp3) is 0.542. The molecule has 3 N–H and O–H groups in total. The van der Waals surface area contributed by atoms with E-state index in [1.54, 1.807) is 0 Å². The zero-order valence-corrected chi connectivity index (χ0v) is 19.8. The van der Waals surface area contributed by atoms with Crippen molar-refractivity contribution in [2.24, 2.45) is 5.92 Å². The second-order valence-corrected chi connectivity index (χ2v) is 9.13. The summed E-state index contributed by atoms with van der Waals surface area (Å²) in [4.78, 5) is 13.8. The molecule has 1 fully saturated rings. The van der Waals surface area contributed by atoms with E-state index in [1.165, 1.54) is 0 Å². The van der Waals surface area contributed by atoms with Crippen LogP contribution in [0, 0.1) is 19.8 Å². The molecule has 3 aromatic rings. The monoisotopic (exact) mass is 457 g/mol. The predicted octanol–water partition coefficient (Wildman–Crippen LogP) is 5.73. The van der Waals surface area contributed by atoms with Gasteiger partial charge in [0.25, 0.3) is 0 Å². The lowest BCUT2D eigenvalue weighted by molar-refractivity contribution is 0.229. The molecule has 0 aromatic carbocycles. The summed E-state index contributed by atoms with van der Waals surface area (Å²) < 4.78 is 6.19. The second-order valence-electron chi connectivity index (χ2n) is 8.78. The SMILES string of the molecule is CCCCCNc1nc(Cl)c(-c2cc3cc(C)nc(C)c3o2)c(N[C@H]2CC[C@@H](CO)C2)n1. The second kappa shape index (κ2) is 10.0. The summed E-state index contributed by atoms with van der Waals surface area (Å²) in [7, 11) is 0. The summed E-state index contributed by atoms with van der Waals surface area (Å²) in [5, 5.41) is 17.7. The van der Waals surface area contributed by atoms with Crippen molar-refractivity contribution in [3.8, 4) is 11.3 Å². The molecule has 7 nitrogen and oxygen atoms in total. The highest BCUT2D eigenvalue weighted by molar-refractivity contribution is 6.32. The van der Waals surface area contributed by atoms with Crippen LogP contribution in [0.5, 0.6) is 0 Å². The fourth-order valence-electron chi connectivity index (χ4n) is 4.47. The Kier molecular flexibility index (Phi) is 7.16. The third-order valence-electron chi connectivity index (χ3n) is 6.11. The van der Waals surface area contributed by atoms with Crippen LogP contribution in [0.15, 0.2) is 16.5 Å². The maximum absolute atomic E-state index is 9.54. The van der Waals surface area contributed by atoms with Gasteiger partial charge in [-0.05, 0) is 57.6 Å². The molecule has 8 heteroatoms. The molecule has 0 amide bonds. The van der Waals surface area contributed by atoms with Crippen LogP contribution >= 0.6 is 11.6 Å². The standard InChI is InChI=1S/C24H32ClN5O2/c1-4-5-6-9-26-24-29-22(25)20(23(30-24)28-18-8-7-16(11-18)13-31)19-12-17-10-14(2)27-15(3)21(17)32-19/h10,12,16,18,31H,4-9,11,13H2,1-3H3,(H2,26,28,29,30)/t16-,18+/m1/s1. The number of aliphatic hydroxyl groups is 1. The van der Waals surface area contributed by atoms with Gasteiger partial charge in [-0.1, -0.05) is 31.4 Å². The van der Waals surface area contributed by atoms with E-state index in [9.17, 15) is 5.11 Å². The number of aryl methyl sites for hydroxylation is 2. The van der Waals surface area contributed by atoms with Gasteiger partial charge in [-0.25, -0.2) is 4.98 Å². The predicted molar refractivity (Wildman–Crippen MR) is 129 cm³/mol. The van der Waals surface area contributed by atoms with Crippen molar-refractivity contribution < 1.29 is 9.52 Å². The minimum absolute atomic E-state index is 0.217. The molecular weight excluding hydrogens is 426 g/mol. The molecule has 1 saturated carbocycles. The molecule has 0 radical (unpaired) electrons. The molecule has 1 aliphatic carbocycles. The molecule has 3 aromatic heterocycles. The topological polar surface area (TPSA) is 96.1 Å². The van der Waals surface area contributed by atoms with Gasteiger partial charge >= 0.3 is 0 Å². The van der Waals surface area contributed by atoms with Crippen molar-refractivity contribution in [2.75, 3.05) is 23.8 Å². The Bertz CT molecular complexity index is 1080. The van der Waals surface area contributed by atoms with Crippen LogP contribution in [0.1, 0.15) is 56.8 Å². The van der Waals surface area contributed by atoms with Crippen molar-refractivity contribution in [2.45, 2.75) is 65.3 Å². The first-order valence-electron chi connectivity index (χ1n) is 11.6. The van der Waals surface area contributed by atoms with Crippen molar-refractivity contribution in [3.63, 3.8) is 0 Å². The molecular formula is C24H32ClN5O2. The maximum Gasteiger partial charge on any atom is 0.226 e. The summed E-state index contributed by atoms with van der Waals surface area (Å²) in [6.07, 6.45) is 6.24. The van der Waals surface area contributed by atoms with E-state index in [1.807, 2.05) is 26.0 Å². The average Bonchev–Trinajstić information content (AvgIpc) is 3.38. The molecule has 0 unspecified atom stereocenters. The van der Waals surface area contributed by atoms with E-state index in [4.69, 9.17) is 21.0 Å². The van der Waals surface area contributed by atoms with Crippen LogP contribution in [-0.2, 0) is 0 Å². The molecule has 0 spiro atoms. The van der Waals surface area contributed by atoms with Crippen LogP contribution in [0.3, 0.4) is 0 Å². The lowest BCUT2D eigenvalue weighted by Gasteiger charge is -2.18. The number of anilines is 2. The number of hydrogen-bond donors (Lipinski definition) is 3. The Morgan fingerprint density at radius 3 is 2.75 bits per heavy atom. The van der Waals surface area contributed by atoms with Gasteiger partial charge in [0.05, 0.1) is 11.3 Å². The Morgan fingerprint density at radius 2 is 2.00 bits per heavy atom. The van der Waals surface area contributed by atoms with E-state index >= 15 is 0 Å². The average molecular weight is 458 g/mol. The molecule has 2 atom stereocenters. The number of rotatable bonds is 9. The van der Waals surface area contributed by atoms with Crippen LogP contribution < -0.4 is 10.6 Å². The van der Waals surface area contributed by atoms with Gasteiger partial charge in [0.2, 0.25) is 5.95 Å². The summed E-state index contributed by atoms with van der Waals surface area (Å²) in [5.74, 6) is 2.12. The zero-order chi connectivity index (χ0) is 22.7. The van der Waals surface area contributed by atoms with Gasteiger partial charge in [0.1, 0.15) is 16.7 Å². The largest absolute Gasteiger partial charge is 0.454 e. The minimum atomic E-state index is 0.217. The molecule has 172 valence electrons. The number of unbranched alkanes of at least 4 members (excludes halogenated alkanes) is 2. The highest BCUT2D eigenvalue weighted by Crippen LogP contribution is 2.39. The number of furan rings is 1. The quantitative estimate of drug-likeness (QED) is 0.279. The number of pyridine rings is 1. The molecule has 0 saturated heterocycles. The van der Waals surface area contributed by atoms with Crippen molar-refractivity contribution >= 4 is 34.3 Å². The zero-order valence-electron chi connectivity index (χ0n) is 19.0. The number of halogens is 1. The van der Waals surface area contributed by atoms with Crippen LogP contribution in [0.2, 0.25) is 5.15 Å². The molecule has 3 heterocycles. The van der Waals surface area contributed by atoms with Gasteiger partial charge in [-0.3, -0.25) is 4.98 Å². The summed E-state index contributed by atoms with van der Waals surface area (Å²) in [5.41, 5.74) is 3.19. The molecule has 0 aliphatic heterocycles. The first-order chi connectivity index (χ1) is 15.5. The first-order valence-corrected chi connectivity index (χ1v) is 11.9. The lowest BCUT2D eigenvalue weighted by atomic mass is 10.1. The highest BCUT2D eigenvalue weighted by Gasteiger charge is 2.27.